The van der Waals surface area contributed by atoms with Crippen molar-refractivity contribution in [1.82, 2.24) is 10.2 Å². The maximum atomic E-state index is 12.3. The number of likely N-dealkylation sites (N-methyl/N-ethyl adjacent to an activating group) is 1. The SMILES string of the molecule is CN1C(=O)C(=Cc2ccccc2OCc2ccccc2Cl)C(=O)NC1=S. The number of thiocarbonyl (C=S) groups is 1. The Balaban J connectivity index is 1.87. The molecule has 132 valence electrons. The van der Waals surface area contributed by atoms with Gasteiger partial charge in [-0.3, -0.25) is 19.8 Å². The van der Waals surface area contributed by atoms with Gasteiger partial charge in [-0.15, -0.1) is 0 Å². The second kappa shape index (κ2) is 7.68. The maximum Gasteiger partial charge on any atom is 0.265 e. The Labute approximate surface area is 161 Å². The van der Waals surface area contributed by atoms with E-state index in [2.05, 4.69) is 5.32 Å². The zero-order valence-electron chi connectivity index (χ0n) is 13.9. The quantitative estimate of drug-likeness (QED) is 0.498. The van der Waals surface area contributed by atoms with Crippen molar-refractivity contribution >= 4 is 46.8 Å². The number of carbonyl (C=O) groups is 2. The van der Waals surface area contributed by atoms with Crippen LogP contribution in [0.3, 0.4) is 0 Å². The molecule has 1 aliphatic rings. The molecule has 1 heterocycles. The number of amides is 2. The number of hydrogen-bond donors (Lipinski definition) is 1. The molecule has 0 spiro atoms. The van der Waals surface area contributed by atoms with Crippen LogP contribution in [0.1, 0.15) is 11.1 Å². The first kappa shape index (κ1) is 18.1. The molecule has 7 heteroatoms. The summed E-state index contributed by atoms with van der Waals surface area (Å²) in [6.45, 7) is 0.268. The lowest BCUT2D eigenvalue weighted by atomic mass is 10.1. The van der Waals surface area contributed by atoms with Crippen LogP contribution in [0.4, 0.5) is 0 Å². The lowest BCUT2D eigenvalue weighted by molar-refractivity contribution is -0.128. The summed E-state index contributed by atoms with van der Waals surface area (Å²) in [5, 5.41) is 3.18. The average Bonchev–Trinajstić information content (AvgIpc) is 2.63. The summed E-state index contributed by atoms with van der Waals surface area (Å²) in [4.78, 5) is 25.7. The van der Waals surface area contributed by atoms with Crippen LogP contribution < -0.4 is 10.1 Å². The van der Waals surface area contributed by atoms with Crippen molar-refractivity contribution in [3.05, 3.63) is 70.3 Å². The first-order valence-electron chi connectivity index (χ1n) is 7.77. The van der Waals surface area contributed by atoms with E-state index in [-0.39, 0.29) is 17.3 Å². The van der Waals surface area contributed by atoms with Gasteiger partial charge in [0.25, 0.3) is 11.8 Å². The van der Waals surface area contributed by atoms with E-state index < -0.39 is 11.8 Å². The number of nitrogens with one attached hydrogen (secondary N) is 1. The molecular weight excluding hydrogens is 372 g/mol. The Morgan fingerprint density at radius 1 is 1.15 bits per heavy atom. The van der Waals surface area contributed by atoms with Gasteiger partial charge in [0.15, 0.2) is 5.11 Å². The number of carbonyl (C=O) groups excluding carboxylic acids is 2. The Bertz CT molecular complexity index is 927. The number of para-hydroxylation sites is 1. The van der Waals surface area contributed by atoms with E-state index in [1.807, 2.05) is 24.3 Å². The van der Waals surface area contributed by atoms with Gasteiger partial charge in [0, 0.05) is 23.2 Å². The van der Waals surface area contributed by atoms with Gasteiger partial charge in [0.1, 0.15) is 17.9 Å². The molecule has 0 saturated carbocycles. The van der Waals surface area contributed by atoms with Crippen molar-refractivity contribution in [2.75, 3.05) is 7.05 Å². The minimum Gasteiger partial charge on any atom is -0.488 e. The highest BCUT2D eigenvalue weighted by Gasteiger charge is 2.30. The first-order chi connectivity index (χ1) is 12.5. The third-order valence-corrected chi connectivity index (χ3v) is 4.61. The highest BCUT2D eigenvalue weighted by Crippen LogP contribution is 2.25. The molecule has 2 aromatic rings. The van der Waals surface area contributed by atoms with Crippen molar-refractivity contribution in [2.45, 2.75) is 6.61 Å². The third kappa shape index (κ3) is 3.76. The second-order valence-electron chi connectivity index (χ2n) is 5.60. The molecule has 2 aromatic carbocycles. The lowest BCUT2D eigenvalue weighted by Gasteiger charge is -2.25. The monoisotopic (exact) mass is 386 g/mol. The minimum absolute atomic E-state index is 0.00473. The molecule has 0 bridgehead atoms. The van der Waals surface area contributed by atoms with Gasteiger partial charge in [-0.1, -0.05) is 48.0 Å². The van der Waals surface area contributed by atoms with Crippen LogP contribution in [0.25, 0.3) is 6.08 Å². The van der Waals surface area contributed by atoms with Gasteiger partial charge < -0.3 is 4.74 Å². The van der Waals surface area contributed by atoms with E-state index in [0.717, 1.165) is 5.56 Å². The number of halogens is 1. The van der Waals surface area contributed by atoms with E-state index in [0.29, 0.717) is 16.3 Å². The molecule has 3 rings (SSSR count). The van der Waals surface area contributed by atoms with Gasteiger partial charge in [-0.25, -0.2) is 0 Å². The number of benzene rings is 2. The average molecular weight is 387 g/mol. The Kier molecular flexibility index (Phi) is 5.35. The summed E-state index contributed by atoms with van der Waals surface area (Å²) >= 11 is 11.1. The molecule has 1 N–H and O–H groups in total. The minimum atomic E-state index is -0.529. The Morgan fingerprint density at radius 3 is 2.62 bits per heavy atom. The number of ether oxygens (including phenoxy) is 1. The largest absolute Gasteiger partial charge is 0.488 e. The summed E-state index contributed by atoms with van der Waals surface area (Å²) < 4.78 is 5.85. The number of nitrogens with zero attached hydrogens (tertiary/aromatic N) is 1. The van der Waals surface area contributed by atoms with Gasteiger partial charge >= 0.3 is 0 Å². The Hall–Kier alpha value is -2.70. The molecule has 1 fully saturated rings. The van der Waals surface area contributed by atoms with Crippen LogP contribution in [0.15, 0.2) is 54.1 Å². The normalized spacial score (nSPS) is 16.0. The van der Waals surface area contributed by atoms with E-state index in [4.69, 9.17) is 28.6 Å². The van der Waals surface area contributed by atoms with Crippen molar-refractivity contribution in [2.24, 2.45) is 0 Å². The molecule has 0 radical (unpaired) electrons. The highest BCUT2D eigenvalue weighted by atomic mass is 35.5. The fourth-order valence-electron chi connectivity index (χ4n) is 2.40. The fraction of sp³-hybridized carbons (Fsp3) is 0.105. The molecule has 0 aromatic heterocycles. The smallest absolute Gasteiger partial charge is 0.265 e. The van der Waals surface area contributed by atoms with Gasteiger partial charge in [0.05, 0.1) is 0 Å². The predicted octanol–water partition coefficient (Wildman–Crippen LogP) is 3.18. The number of hydrogen-bond acceptors (Lipinski definition) is 4. The van der Waals surface area contributed by atoms with Crippen LogP contribution in [-0.4, -0.2) is 28.9 Å². The highest BCUT2D eigenvalue weighted by molar-refractivity contribution is 7.80. The summed E-state index contributed by atoms with van der Waals surface area (Å²) in [6, 6.07) is 14.5. The number of rotatable bonds is 4. The van der Waals surface area contributed by atoms with Gasteiger partial charge in [0.2, 0.25) is 0 Å². The summed E-state index contributed by atoms with van der Waals surface area (Å²) in [6.07, 6.45) is 1.50. The lowest BCUT2D eigenvalue weighted by Crippen LogP contribution is -2.52. The molecule has 0 atom stereocenters. The van der Waals surface area contributed by atoms with Crippen LogP contribution in [0.2, 0.25) is 5.02 Å². The van der Waals surface area contributed by atoms with E-state index in [9.17, 15) is 9.59 Å². The molecule has 0 aliphatic carbocycles. The molecule has 1 saturated heterocycles. The topological polar surface area (TPSA) is 58.6 Å². The zero-order valence-corrected chi connectivity index (χ0v) is 15.4. The molecular formula is C19H15ClN2O3S. The molecule has 1 aliphatic heterocycles. The van der Waals surface area contributed by atoms with Crippen molar-refractivity contribution in [3.63, 3.8) is 0 Å². The fourth-order valence-corrected chi connectivity index (χ4v) is 2.77. The molecule has 0 unspecified atom stereocenters. The van der Waals surface area contributed by atoms with Crippen LogP contribution in [0, 0.1) is 0 Å². The van der Waals surface area contributed by atoms with Crippen LogP contribution >= 0.6 is 23.8 Å². The van der Waals surface area contributed by atoms with Crippen molar-refractivity contribution in [3.8, 4) is 5.75 Å². The van der Waals surface area contributed by atoms with E-state index in [1.54, 1.807) is 24.3 Å². The Morgan fingerprint density at radius 2 is 1.85 bits per heavy atom. The van der Waals surface area contributed by atoms with Crippen LogP contribution in [0.5, 0.6) is 5.75 Å². The molecule has 2 amide bonds. The second-order valence-corrected chi connectivity index (χ2v) is 6.39. The van der Waals surface area contributed by atoms with Crippen molar-refractivity contribution in [1.29, 1.82) is 0 Å². The standard InChI is InChI=1S/C19H15ClN2O3S/c1-22-18(24)14(17(23)21-19(22)26)10-12-6-3-5-9-16(12)25-11-13-7-2-4-8-15(13)20/h2-10H,11H2,1H3,(H,21,23,26). The van der Waals surface area contributed by atoms with Crippen LogP contribution in [-0.2, 0) is 16.2 Å². The summed E-state index contributed by atoms with van der Waals surface area (Å²) in [5.74, 6) is -0.449. The van der Waals surface area contributed by atoms with Gasteiger partial charge in [-0.2, -0.15) is 0 Å². The first-order valence-corrected chi connectivity index (χ1v) is 8.56. The molecule has 5 nitrogen and oxygen atoms in total. The summed E-state index contributed by atoms with van der Waals surface area (Å²) in [5.41, 5.74) is 1.45. The summed E-state index contributed by atoms with van der Waals surface area (Å²) in [7, 11) is 1.51. The van der Waals surface area contributed by atoms with E-state index in [1.165, 1.54) is 18.0 Å². The zero-order chi connectivity index (χ0) is 18.7. The maximum absolute atomic E-state index is 12.3. The van der Waals surface area contributed by atoms with Crippen molar-refractivity contribution < 1.29 is 14.3 Å². The predicted molar refractivity (Wildman–Crippen MR) is 104 cm³/mol. The molecule has 26 heavy (non-hydrogen) atoms. The van der Waals surface area contributed by atoms with E-state index >= 15 is 0 Å². The van der Waals surface area contributed by atoms with Gasteiger partial charge in [-0.05, 0) is 30.4 Å². The third-order valence-electron chi connectivity index (χ3n) is 3.86.